The molecule has 0 amide bonds. The lowest BCUT2D eigenvalue weighted by Gasteiger charge is -2.29. The maximum Gasteiger partial charge on any atom is 0.0634 e. The first kappa shape index (κ1) is 14.0. The van der Waals surface area contributed by atoms with Crippen LogP contribution in [0.1, 0.15) is 25.5 Å². The number of fused-ring (bicyclic) bond motifs is 3. The van der Waals surface area contributed by atoms with E-state index in [0.29, 0.717) is 18.0 Å². The third kappa shape index (κ3) is 3.05. The van der Waals surface area contributed by atoms with E-state index in [1.54, 1.807) is 0 Å². The topological polar surface area (TPSA) is 33.5 Å². The Hall–Kier alpha value is -0.910. The second-order valence-electron chi connectivity index (χ2n) is 6.63. The molecule has 2 aliphatic heterocycles. The molecule has 112 valence electrons. The standard InChI is InChI=1S/C15H26N4O/c1-12(2)19-8-13(4-16-19)6-18-7-14-5-17(3)9-15(18)11-20-10-14/h4,8,12,14-15H,5-7,9-11H2,1-3H3/t14-,15-/m0/s1. The number of hydrogen-bond acceptors (Lipinski definition) is 4. The van der Waals surface area contributed by atoms with Gasteiger partial charge in [-0.3, -0.25) is 9.58 Å². The molecule has 0 spiro atoms. The van der Waals surface area contributed by atoms with E-state index in [1.165, 1.54) is 5.56 Å². The Morgan fingerprint density at radius 3 is 2.90 bits per heavy atom. The summed E-state index contributed by atoms with van der Waals surface area (Å²) in [6, 6.07) is 0.941. The minimum absolute atomic E-state index is 0.432. The molecule has 5 heteroatoms. The van der Waals surface area contributed by atoms with E-state index in [-0.39, 0.29) is 0 Å². The van der Waals surface area contributed by atoms with Gasteiger partial charge in [-0.1, -0.05) is 0 Å². The SMILES string of the molecule is CC(C)n1cc(CN2C[C@H]3COC[C@@H]2CN(C)C3)cn1. The zero-order valence-electron chi connectivity index (χ0n) is 12.8. The van der Waals surface area contributed by atoms with Crippen LogP contribution in [0.25, 0.3) is 0 Å². The second kappa shape index (κ2) is 5.84. The number of ether oxygens (including phenoxy) is 1. The average Bonchev–Trinajstić information content (AvgIpc) is 2.69. The predicted octanol–water partition coefficient (Wildman–Crippen LogP) is 1.23. The lowest BCUT2D eigenvalue weighted by Crippen LogP contribution is -2.42. The lowest BCUT2D eigenvalue weighted by molar-refractivity contribution is 0.0562. The fourth-order valence-electron chi connectivity index (χ4n) is 3.33. The van der Waals surface area contributed by atoms with Gasteiger partial charge in [0.15, 0.2) is 0 Å². The van der Waals surface area contributed by atoms with Crippen LogP contribution >= 0.6 is 0 Å². The number of rotatable bonds is 3. The van der Waals surface area contributed by atoms with E-state index in [0.717, 1.165) is 39.4 Å². The van der Waals surface area contributed by atoms with Gasteiger partial charge in [0.1, 0.15) is 0 Å². The Balaban J connectivity index is 1.72. The van der Waals surface area contributed by atoms with Crippen LogP contribution in [0.15, 0.2) is 12.4 Å². The van der Waals surface area contributed by atoms with Crippen LogP contribution in [-0.2, 0) is 11.3 Å². The second-order valence-corrected chi connectivity index (χ2v) is 6.63. The molecule has 0 unspecified atom stereocenters. The zero-order chi connectivity index (χ0) is 14.1. The molecule has 2 fully saturated rings. The molecular formula is C15H26N4O. The lowest BCUT2D eigenvalue weighted by atomic mass is 10.1. The van der Waals surface area contributed by atoms with Crippen molar-refractivity contribution in [2.75, 3.05) is 39.9 Å². The minimum Gasteiger partial charge on any atom is -0.379 e. The van der Waals surface area contributed by atoms with Gasteiger partial charge in [0.25, 0.3) is 0 Å². The number of hydrogen-bond donors (Lipinski definition) is 0. The van der Waals surface area contributed by atoms with E-state index >= 15 is 0 Å². The Labute approximate surface area is 121 Å². The number of nitrogens with zero attached hydrogens (tertiary/aromatic N) is 4. The van der Waals surface area contributed by atoms with Gasteiger partial charge in [-0.05, 0) is 20.9 Å². The molecule has 2 saturated heterocycles. The van der Waals surface area contributed by atoms with Crippen LogP contribution in [-0.4, -0.2) is 65.5 Å². The summed E-state index contributed by atoms with van der Waals surface area (Å²) in [6.45, 7) is 10.5. The smallest absolute Gasteiger partial charge is 0.0634 e. The summed E-state index contributed by atoms with van der Waals surface area (Å²) in [5.41, 5.74) is 1.31. The average molecular weight is 278 g/mol. The highest BCUT2D eigenvalue weighted by Gasteiger charge is 2.32. The fourth-order valence-corrected chi connectivity index (χ4v) is 3.33. The molecule has 1 aromatic rings. The molecule has 2 atom stereocenters. The van der Waals surface area contributed by atoms with Crippen LogP contribution in [0, 0.1) is 5.92 Å². The molecule has 3 rings (SSSR count). The van der Waals surface area contributed by atoms with Crippen molar-refractivity contribution in [1.29, 1.82) is 0 Å². The van der Waals surface area contributed by atoms with Crippen LogP contribution < -0.4 is 0 Å². The van der Waals surface area contributed by atoms with E-state index in [4.69, 9.17) is 4.74 Å². The molecule has 0 aliphatic carbocycles. The monoisotopic (exact) mass is 278 g/mol. The summed E-state index contributed by atoms with van der Waals surface area (Å²) in [7, 11) is 2.23. The van der Waals surface area contributed by atoms with Gasteiger partial charge in [-0.25, -0.2) is 0 Å². The first-order valence-corrected chi connectivity index (χ1v) is 7.65. The Morgan fingerprint density at radius 2 is 2.15 bits per heavy atom. The van der Waals surface area contributed by atoms with E-state index in [2.05, 4.69) is 42.0 Å². The maximum absolute atomic E-state index is 5.83. The van der Waals surface area contributed by atoms with E-state index in [1.807, 2.05) is 10.9 Å². The molecule has 0 saturated carbocycles. The van der Waals surface area contributed by atoms with Crippen molar-refractivity contribution in [3.63, 3.8) is 0 Å². The quantitative estimate of drug-likeness (QED) is 0.832. The van der Waals surface area contributed by atoms with Gasteiger partial charge in [-0.15, -0.1) is 0 Å². The van der Waals surface area contributed by atoms with Crippen molar-refractivity contribution in [3.05, 3.63) is 18.0 Å². The van der Waals surface area contributed by atoms with Crippen molar-refractivity contribution in [1.82, 2.24) is 19.6 Å². The molecule has 1 aromatic heterocycles. The van der Waals surface area contributed by atoms with Gasteiger partial charge >= 0.3 is 0 Å². The fraction of sp³-hybridized carbons (Fsp3) is 0.800. The van der Waals surface area contributed by atoms with Gasteiger partial charge in [0.2, 0.25) is 0 Å². The van der Waals surface area contributed by atoms with Crippen molar-refractivity contribution in [2.24, 2.45) is 5.92 Å². The third-order valence-corrected chi connectivity index (χ3v) is 4.33. The van der Waals surface area contributed by atoms with Gasteiger partial charge in [0, 0.05) is 55.9 Å². The Kier molecular flexibility index (Phi) is 4.10. The third-order valence-electron chi connectivity index (χ3n) is 4.33. The van der Waals surface area contributed by atoms with Crippen LogP contribution in [0.3, 0.4) is 0 Å². The largest absolute Gasteiger partial charge is 0.379 e. The summed E-state index contributed by atoms with van der Waals surface area (Å²) in [4.78, 5) is 5.04. The summed E-state index contributed by atoms with van der Waals surface area (Å²) < 4.78 is 7.88. The van der Waals surface area contributed by atoms with Gasteiger partial charge in [0.05, 0.1) is 19.4 Å². The Bertz CT molecular complexity index is 445. The molecular weight excluding hydrogens is 252 g/mol. The highest BCUT2D eigenvalue weighted by atomic mass is 16.5. The minimum atomic E-state index is 0.432. The highest BCUT2D eigenvalue weighted by Crippen LogP contribution is 2.21. The van der Waals surface area contributed by atoms with Crippen LogP contribution in [0.2, 0.25) is 0 Å². The molecule has 0 radical (unpaired) electrons. The molecule has 2 aliphatic rings. The summed E-state index contributed by atoms with van der Waals surface area (Å²) in [5, 5.41) is 4.45. The summed E-state index contributed by atoms with van der Waals surface area (Å²) >= 11 is 0. The Morgan fingerprint density at radius 1 is 1.30 bits per heavy atom. The first-order chi connectivity index (χ1) is 9.61. The van der Waals surface area contributed by atoms with Crippen molar-refractivity contribution in [2.45, 2.75) is 32.5 Å². The molecule has 3 heterocycles. The summed E-state index contributed by atoms with van der Waals surface area (Å²) in [6.07, 6.45) is 4.20. The molecule has 20 heavy (non-hydrogen) atoms. The van der Waals surface area contributed by atoms with Crippen LogP contribution in [0.4, 0.5) is 0 Å². The molecule has 0 aromatic carbocycles. The zero-order valence-corrected chi connectivity index (χ0v) is 12.8. The van der Waals surface area contributed by atoms with Crippen LogP contribution in [0.5, 0.6) is 0 Å². The first-order valence-electron chi connectivity index (χ1n) is 7.65. The number of aromatic nitrogens is 2. The van der Waals surface area contributed by atoms with E-state index < -0.39 is 0 Å². The van der Waals surface area contributed by atoms with Gasteiger partial charge < -0.3 is 9.64 Å². The van der Waals surface area contributed by atoms with E-state index in [9.17, 15) is 0 Å². The summed E-state index contributed by atoms with van der Waals surface area (Å²) in [5.74, 6) is 0.632. The molecule has 2 bridgehead atoms. The maximum atomic E-state index is 5.83. The van der Waals surface area contributed by atoms with Crippen molar-refractivity contribution < 1.29 is 4.74 Å². The number of likely N-dealkylation sites (N-methyl/N-ethyl adjacent to an activating group) is 1. The van der Waals surface area contributed by atoms with Crippen molar-refractivity contribution in [3.8, 4) is 0 Å². The predicted molar refractivity (Wildman–Crippen MR) is 78.6 cm³/mol. The molecule has 5 nitrogen and oxygen atoms in total. The highest BCUT2D eigenvalue weighted by molar-refractivity contribution is 5.05. The van der Waals surface area contributed by atoms with Gasteiger partial charge in [-0.2, -0.15) is 5.10 Å². The normalized spacial score (nSPS) is 28.8. The van der Waals surface area contributed by atoms with Crippen molar-refractivity contribution >= 4 is 0 Å². The molecule has 0 N–H and O–H groups in total.